The molecule has 1 aliphatic rings. The lowest BCUT2D eigenvalue weighted by Gasteiger charge is -2.27. The monoisotopic (exact) mass is 515 g/mol. The van der Waals surface area contributed by atoms with Crippen molar-refractivity contribution in [1.82, 2.24) is 9.88 Å². The molecular weight excluding hydrogens is 490 g/mol. The van der Waals surface area contributed by atoms with Crippen LogP contribution in [0.3, 0.4) is 0 Å². The van der Waals surface area contributed by atoms with Crippen LogP contribution in [0.25, 0.3) is 11.0 Å². The van der Waals surface area contributed by atoms with Crippen LogP contribution in [-0.2, 0) is 16.1 Å². The van der Waals surface area contributed by atoms with Crippen molar-refractivity contribution in [1.29, 1.82) is 0 Å². The van der Waals surface area contributed by atoms with E-state index >= 15 is 0 Å². The van der Waals surface area contributed by atoms with Crippen LogP contribution in [0.1, 0.15) is 38.9 Å². The number of benzene rings is 2. The summed E-state index contributed by atoms with van der Waals surface area (Å²) in [6.45, 7) is 0.832. The average Bonchev–Trinajstić information content (AvgIpc) is 3.67. The molecule has 1 atom stereocenters. The Kier molecular flexibility index (Phi) is 6.69. The van der Waals surface area contributed by atoms with Gasteiger partial charge >= 0.3 is 5.97 Å². The number of amides is 1. The second-order valence-electron chi connectivity index (χ2n) is 8.78. The Hall–Kier alpha value is -4.86. The third-order valence-electron chi connectivity index (χ3n) is 6.55. The van der Waals surface area contributed by atoms with Gasteiger partial charge in [-0.15, -0.1) is 0 Å². The molecule has 1 aliphatic heterocycles. The number of para-hydroxylation sites is 1. The maximum Gasteiger partial charge on any atom is 0.337 e. The van der Waals surface area contributed by atoms with Crippen molar-refractivity contribution in [2.45, 2.75) is 19.0 Å². The fraction of sp³-hybridized carbons (Fsp3) is 0.214. The van der Waals surface area contributed by atoms with Gasteiger partial charge in [-0.2, -0.15) is 0 Å². The largest absolute Gasteiger partial charge is 0.868 e. The zero-order chi connectivity index (χ0) is 26.8. The van der Waals surface area contributed by atoms with Gasteiger partial charge in [-0.25, -0.2) is 9.36 Å². The third kappa shape index (κ3) is 4.40. The number of nitrogens with one attached hydrogen (secondary N) is 1. The Labute approximate surface area is 217 Å². The minimum absolute atomic E-state index is 0.0680. The van der Waals surface area contributed by atoms with Crippen LogP contribution in [0.4, 0.5) is 0 Å². The lowest BCUT2D eigenvalue weighted by molar-refractivity contribution is -0.695. The predicted octanol–water partition coefficient (Wildman–Crippen LogP) is 2.31. The SMILES string of the molecule is COC(=O)c1ccc(C2C(C(=O)c3cc4cccc(OC)c4o3)=C([O-])C(=O)N2CCC[n+]2cc[nH]c2)cc1. The van der Waals surface area contributed by atoms with Crippen LogP contribution in [0.2, 0.25) is 0 Å². The van der Waals surface area contributed by atoms with E-state index in [1.807, 2.05) is 10.8 Å². The first kappa shape index (κ1) is 24.8. The molecule has 0 saturated carbocycles. The lowest BCUT2D eigenvalue weighted by Crippen LogP contribution is -2.37. The number of carbonyl (C=O) groups is 3. The number of rotatable bonds is 9. The molecule has 1 N–H and O–H groups in total. The molecule has 4 aromatic rings. The van der Waals surface area contributed by atoms with Crippen molar-refractivity contribution in [2.24, 2.45) is 0 Å². The number of aromatic nitrogens is 2. The number of furan rings is 1. The molecule has 0 saturated heterocycles. The summed E-state index contributed by atoms with van der Waals surface area (Å²) in [7, 11) is 2.77. The van der Waals surface area contributed by atoms with Gasteiger partial charge in [-0.05, 0) is 35.6 Å². The number of H-pyrrole nitrogens is 1. The number of imidazole rings is 1. The molecule has 0 bridgehead atoms. The van der Waals surface area contributed by atoms with E-state index in [0.29, 0.717) is 40.8 Å². The van der Waals surface area contributed by atoms with E-state index in [9.17, 15) is 19.5 Å². The van der Waals surface area contributed by atoms with E-state index in [1.54, 1.807) is 42.9 Å². The van der Waals surface area contributed by atoms with Gasteiger partial charge in [0.15, 0.2) is 17.1 Å². The molecule has 10 nitrogen and oxygen atoms in total. The molecule has 10 heteroatoms. The van der Waals surface area contributed by atoms with Gasteiger partial charge in [0, 0.05) is 23.9 Å². The Morgan fingerprint density at radius 3 is 2.63 bits per heavy atom. The molecule has 2 aromatic carbocycles. The summed E-state index contributed by atoms with van der Waals surface area (Å²) in [6, 6.07) is 12.1. The molecular formula is C28H25N3O7. The minimum Gasteiger partial charge on any atom is -0.868 e. The quantitative estimate of drug-likeness (QED) is 0.206. The zero-order valence-electron chi connectivity index (χ0n) is 20.8. The second kappa shape index (κ2) is 10.3. The molecule has 0 radical (unpaired) electrons. The fourth-order valence-electron chi connectivity index (χ4n) is 4.69. The van der Waals surface area contributed by atoms with Crippen molar-refractivity contribution in [3.8, 4) is 5.75 Å². The number of nitrogens with zero attached hydrogens (tertiary/aromatic N) is 2. The standard InChI is InChI=1S/C28H25N3O7/c1-36-20-6-3-5-19-15-21(38-26(19)20)24(32)22-23(17-7-9-18(10-8-17)28(35)37-2)31(27(34)25(22)33)13-4-12-30-14-11-29-16-30/h3,5-11,14-16,23H,4,12-13H2,1-2H3,(H,32,33). The van der Waals surface area contributed by atoms with Gasteiger partial charge in [0.1, 0.15) is 12.4 Å². The van der Waals surface area contributed by atoms with Crippen molar-refractivity contribution in [2.75, 3.05) is 20.8 Å². The highest BCUT2D eigenvalue weighted by atomic mass is 16.5. The van der Waals surface area contributed by atoms with Gasteiger partial charge in [0.25, 0.3) is 0 Å². The van der Waals surface area contributed by atoms with Crippen LogP contribution in [0, 0.1) is 0 Å². The average molecular weight is 516 g/mol. The molecule has 38 heavy (non-hydrogen) atoms. The van der Waals surface area contributed by atoms with Gasteiger partial charge in [-0.1, -0.05) is 24.3 Å². The van der Waals surface area contributed by atoms with Gasteiger partial charge in [0.05, 0.1) is 32.4 Å². The highest BCUT2D eigenvalue weighted by Gasteiger charge is 2.40. The molecule has 1 amide bonds. The smallest absolute Gasteiger partial charge is 0.337 e. The summed E-state index contributed by atoms with van der Waals surface area (Å²) in [5.74, 6) is -2.46. The maximum absolute atomic E-state index is 13.7. The minimum atomic E-state index is -0.944. The number of hydrogen-bond acceptors (Lipinski definition) is 7. The molecule has 0 fully saturated rings. The van der Waals surface area contributed by atoms with E-state index in [-0.39, 0.29) is 17.9 Å². The first-order chi connectivity index (χ1) is 18.4. The fourth-order valence-corrected chi connectivity index (χ4v) is 4.69. The Bertz CT molecular complexity index is 1530. The van der Waals surface area contributed by atoms with Crippen molar-refractivity contribution >= 4 is 28.6 Å². The molecule has 3 heterocycles. The number of carbonyl (C=O) groups excluding carboxylic acids is 3. The van der Waals surface area contributed by atoms with Crippen LogP contribution in [0.15, 0.2) is 83.0 Å². The van der Waals surface area contributed by atoms with Crippen LogP contribution in [-0.4, -0.2) is 48.3 Å². The Morgan fingerprint density at radius 2 is 1.95 bits per heavy atom. The van der Waals surface area contributed by atoms with E-state index in [1.165, 1.54) is 37.3 Å². The summed E-state index contributed by atoms with van der Waals surface area (Å²) in [5.41, 5.74) is 0.992. The number of methoxy groups -OCH3 is 2. The van der Waals surface area contributed by atoms with E-state index < -0.39 is 29.5 Å². The van der Waals surface area contributed by atoms with Crippen molar-refractivity contribution in [3.05, 3.63) is 95.5 Å². The topological polar surface area (TPSA) is 129 Å². The van der Waals surface area contributed by atoms with E-state index in [0.717, 1.165) is 0 Å². The number of hydrogen-bond donors (Lipinski definition) is 1. The molecule has 5 rings (SSSR count). The summed E-state index contributed by atoms with van der Waals surface area (Å²) < 4.78 is 17.8. The van der Waals surface area contributed by atoms with E-state index in [2.05, 4.69) is 4.98 Å². The lowest BCUT2D eigenvalue weighted by atomic mass is 9.94. The molecule has 194 valence electrons. The summed E-state index contributed by atoms with van der Waals surface area (Å²) in [6.07, 6.45) is 5.97. The Balaban J connectivity index is 1.52. The molecule has 1 unspecified atom stereocenters. The summed E-state index contributed by atoms with van der Waals surface area (Å²) in [5, 5.41) is 13.9. The van der Waals surface area contributed by atoms with E-state index in [4.69, 9.17) is 13.9 Å². The highest BCUT2D eigenvalue weighted by molar-refractivity contribution is 6.16. The number of ketones is 1. The van der Waals surface area contributed by atoms with Crippen molar-refractivity contribution < 1.29 is 37.9 Å². The number of ether oxygens (including phenoxy) is 2. The zero-order valence-corrected chi connectivity index (χ0v) is 20.8. The third-order valence-corrected chi connectivity index (χ3v) is 6.55. The Morgan fingerprint density at radius 1 is 1.16 bits per heavy atom. The van der Waals surface area contributed by atoms with Gasteiger partial charge < -0.3 is 23.9 Å². The number of Topliss-reactive ketones (excluding diaryl/α,β-unsaturated/α-hetero) is 1. The number of esters is 1. The number of fused-ring (bicyclic) bond motifs is 1. The molecule has 0 aliphatic carbocycles. The summed E-state index contributed by atoms with van der Waals surface area (Å²) in [4.78, 5) is 43.2. The maximum atomic E-state index is 13.7. The first-order valence-electron chi connectivity index (χ1n) is 12.0. The van der Waals surface area contributed by atoms with Gasteiger partial charge in [0.2, 0.25) is 18.0 Å². The predicted molar refractivity (Wildman–Crippen MR) is 132 cm³/mol. The normalized spacial score (nSPS) is 15.4. The van der Waals surface area contributed by atoms with Crippen LogP contribution < -0.4 is 14.4 Å². The summed E-state index contributed by atoms with van der Waals surface area (Å²) >= 11 is 0. The highest BCUT2D eigenvalue weighted by Crippen LogP contribution is 2.39. The molecule has 2 aromatic heterocycles. The first-order valence-corrected chi connectivity index (χ1v) is 12.0. The van der Waals surface area contributed by atoms with Gasteiger partial charge in [-0.3, -0.25) is 14.6 Å². The number of aromatic amines is 1. The number of aryl methyl sites for hydroxylation is 1. The van der Waals surface area contributed by atoms with Crippen molar-refractivity contribution in [3.63, 3.8) is 0 Å². The van der Waals surface area contributed by atoms with Crippen LogP contribution >= 0.6 is 0 Å². The second-order valence-corrected chi connectivity index (χ2v) is 8.78. The molecule has 0 spiro atoms. The van der Waals surface area contributed by atoms with Crippen LogP contribution in [0.5, 0.6) is 5.75 Å².